The molecule has 0 amide bonds. The highest BCUT2D eigenvalue weighted by atomic mass is 19.3. The molecular formula is C15H21F2NO2. The van der Waals surface area contributed by atoms with Crippen LogP contribution >= 0.6 is 0 Å². The Morgan fingerprint density at radius 2 is 1.70 bits per heavy atom. The van der Waals surface area contributed by atoms with Crippen molar-refractivity contribution in [3.05, 3.63) is 24.3 Å². The molecule has 20 heavy (non-hydrogen) atoms. The van der Waals surface area contributed by atoms with Gasteiger partial charge < -0.3 is 15.2 Å². The van der Waals surface area contributed by atoms with Gasteiger partial charge in [0.05, 0.1) is 5.60 Å². The SMILES string of the molecule is OC1(CNc2ccc(OC(F)F)cc2)CCCCCC1. The second kappa shape index (κ2) is 6.88. The number of halogens is 2. The molecule has 0 aliphatic heterocycles. The molecule has 0 aromatic heterocycles. The zero-order valence-corrected chi connectivity index (χ0v) is 11.4. The monoisotopic (exact) mass is 285 g/mol. The minimum absolute atomic E-state index is 0.138. The lowest BCUT2D eigenvalue weighted by molar-refractivity contribution is -0.0498. The van der Waals surface area contributed by atoms with Gasteiger partial charge in [0.2, 0.25) is 0 Å². The quantitative estimate of drug-likeness (QED) is 0.809. The van der Waals surface area contributed by atoms with Crippen LogP contribution in [-0.4, -0.2) is 23.9 Å². The van der Waals surface area contributed by atoms with Crippen LogP contribution in [-0.2, 0) is 0 Å². The molecule has 5 heteroatoms. The van der Waals surface area contributed by atoms with Crippen LogP contribution in [0.4, 0.5) is 14.5 Å². The maximum Gasteiger partial charge on any atom is 0.387 e. The third kappa shape index (κ3) is 4.63. The van der Waals surface area contributed by atoms with E-state index in [1.54, 1.807) is 12.1 Å². The number of nitrogens with one attached hydrogen (secondary N) is 1. The van der Waals surface area contributed by atoms with Gasteiger partial charge in [-0.25, -0.2) is 0 Å². The van der Waals surface area contributed by atoms with Crippen LogP contribution in [0.15, 0.2) is 24.3 Å². The average Bonchev–Trinajstić information content (AvgIpc) is 2.63. The van der Waals surface area contributed by atoms with Gasteiger partial charge in [-0.2, -0.15) is 8.78 Å². The molecule has 2 N–H and O–H groups in total. The first-order chi connectivity index (χ1) is 9.57. The van der Waals surface area contributed by atoms with Gasteiger partial charge in [-0.3, -0.25) is 0 Å². The molecule has 0 spiro atoms. The first-order valence-corrected chi connectivity index (χ1v) is 7.09. The summed E-state index contributed by atoms with van der Waals surface area (Å²) in [5.74, 6) is 0.138. The molecule has 112 valence electrons. The van der Waals surface area contributed by atoms with E-state index < -0.39 is 12.2 Å². The number of ether oxygens (including phenoxy) is 1. The van der Waals surface area contributed by atoms with Crippen molar-refractivity contribution in [3.8, 4) is 5.75 Å². The van der Waals surface area contributed by atoms with Crippen molar-refractivity contribution in [2.75, 3.05) is 11.9 Å². The fraction of sp³-hybridized carbons (Fsp3) is 0.600. The predicted octanol–water partition coefficient (Wildman–Crippen LogP) is 3.79. The first-order valence-electron chi connectivity index (χ1n) is 7.09. The zero-order chi connectivity index (χ0) is 14.4. The number of rotatable bonds is 5. The Bertz CT molecular complexity index is 401. The van der Waals surface area contributed by atoms with Crippen LogP contribution in [0.5, 0.6) is 5.75 Å². The predicted molar refractivity (Wildman–Crippen MR) is 74.2 cm³/mol. The van der Waals surface area contributed by atoms with E-state index in [4.69, 9.17) is 0 Å². The molecular weight excluding hydrogens is 264 g/mol. The van der Waals surface area contributed by atoms with Gasteiger partial charge in [0.25, 0.3) is 0 Å². The van der Waals surface area contributed by atoms with Crippen molar-refractivity contribution < 1.29 is 18.6 Å². The van der Waals surface area contributed by atoms with Gasteiger partial charge in [0.15, 0.2) is 0 Å². The Kier molecular flexibility index (Phi) is 5.17. The van der Waals surface area contributed by atoms with Gasteiger partial charge in [0, 0.05) is 12.2 Å². The molecule has 1 aliphatic carbocycles. The number of anilines is 1. The lowest BCUT2D eigenvalue weighted by Crippen LogP contribution is -2.36. The molecule has 1 aromatic carbocycles. The average molecular weight is 285 g/mol. The van der Waals surface area contributed by atoms with Gasteiger partial charge in [-0.1, -0.05) is 25.7 Å². The molecule has 0 unspecified atom stereocenters. The van der Waals surface area contributed by atoms with Crippen molar-refractivity contribution >= 4 is 5.69 Å². The van der Waals surface area contributed by atoms with Crippen molar-refractivity contribution in [2.24, 2.45) is 0 Å². The zero-order valence-electron chi connectivity index (χ0n) is 11.4. The Labute approximate surface area is 117 Å². The Balaban J connectivity index is 1.86. The van der Waals surface area contributed by atoms with E-state index in [0.717, 1.165) is 31.4 Å². The van der Waals surface area contributed by atoms with E-state index in [1.807, 2.05) is 0 Å². The van der Waals surface area contributed by atoms with Crippen molar-refractivity contribution in [2.45, 2.75) is 50.7 Å². The normalized spacial score (nSPS) is 18.6. The van der Waals surface area contributed by atoms with Crippen molar-refractivity contribution in [1.82, 2.24) is 0 Å². The van der Waals surface area contributed by atoms with E-state index in [2.05, 4.69) is 10.1 Å². The summed E-state index contributed by atoms with van der Waals surface area (Å²) in [7, 11) is 0. The molecule has 2 rings (SSSR count). The standard InChI is InChI=1S/C15H21F2NO2/c16-14(17)20-13-7-5-12(6-8-13)18-11-15(19)9-3-1-2-4-10-15/h5-8,14,18-19H,1-4,9-11H2. The third-order valence-electron chi connectivity index (χ3n) is 3.74. The van der Waals surface area contributed by atoms with E-state index >= 15 is 0 Å². The number of benzene rings is 1. The molecule has 1 saturated carbocycles. The van der Waals surface area contributed by atoms with Crippen LogP contribution in [0.3, 0.4) is 0 Å². The number of aliphatic hydroxyl groups is 1. The minimum atomic E-state index is -2.81. The second-order valence-corrected chi connectivity index (χ2v) is 5.39. The molecule has 0 heterocycles. The maximum absolute atomic E-state index is 12.0. The lowest BCUT2D eigenvalue weighted by Gasteiger charge is -2.27. The van der Waals surface area contributed by atoms with Crippen molar-refractivity contribution in [1.29, 1.82) is 0 Å². The molecule has 0 radical (unpaired) electrons. The Hall–Kier alpha value is -1.36. The van der Waals surface area contributed by atoms with Crippen LogP contribution in [0.25, 0.3) is 0 Å². The van der Waals surface area contributed by atoms with Gasteiger partial charge in [0.1, 0.15) is 5.75 Å². The fourth-order valence-electron chi connectivity index (χ4n) is 2.58. The summed E-state index contributed by atoms with van der Waals surface area (Å²) in [6.07, 6.45) is 6.10. The highest BCUT2D eigenvalue weighted by Gasteiger charge is 2.27. The topological polar surface area (TPSA) is 41.5 Å². The van der Waals surface area contributed by atoms with Crippen LogP contribution in [0, 0.1) is 0 Å². The van der Waals surface area contributed by atoms with Crippen LogP contribution < -0.4 is 10.1 Å². The molecule has 0 saturated heterocycles. The minimum Gasteiger partial charge on any atom is -0.435 e. The van der Waals surface area contributed by atoms with Gasteiger partial charge in [-0.15, -0.1) is 0 Å². The highest BCUT2D eigenvalue weighted by Crippen LogP contribution is 2.27. The van der Waals surface area contributed by atoms with E-state index in [-0.39, 0.29) is 5.75 Å². The summed E-state index contributed by atoms with van der Waals surface area (Å²) >= 11 is 0. The molecule has 1 fully saturated rings. The molecule has 1 aromatic rings. The number of hydrogen-bond donors (Lipinski definition) is 2. The first kappa shape index (κ1) is 15.0. The highest BCUT2D eigenvalue weighted by molar-refractivity contribution is 5.46. The van der Waals surface area contributed by atoms with Gasteiger partial charge in [-0.05, 0) is 37.1 Å². The molecule has 0 bridgehead atoms. The molecule has 1 aliphatic rings. The number of alkyl halides is 2. The van der Waals surface area contributed by atoms with Gasteiger partial charge >= 0.3 is 6.61 Å². The van der Waals surface area contributed by atoms with Crippen molar-refractivity contribution in [3.63, 3.8) is 0 Å². The lowest BCUT2D eigenvalue weighted by atomic mass is 9.94. The van der Waals surface area contributed by atoms with E-state index in [1.165, 1.54) is 25.0 Å². The fourth-order valence-corrected chi connectivity index (χ4v) is 2.58. The summed E-state index contributed by atoms with van der Waals surface area (Å²) in [4.78, 5) is 0. The maximum atomic E-state index is 12.0. The molecule has 0 atom stereocenters. The summed E-state index contributed by atoms with van der Waals surface area (Å²) in [6.45, 7) is -2.32. The summed E-state index contributed by atoms with van der Waals surface area (Å²) in [6, 6.07) is 6.34. The smallest absolute Gasteiger partial charge is 0.387 e. The van der Waals surface area contributed by atoms with E-state index in [9.17, 15) is 13.9 Å². The van der Waals surface area contributed by atoms with E-state index in [0.29, 0.717) is 6.54 Å². The summed E-state index contributed by atoms with van der Waals surface area (Å²) < 4.78 is 28.3. The molecule has 3 nitrogen and oxygen atoms in total. The summed E-state index contributed by atoms with van der Waals surface area (Å²) in [5, 5.41) is 13.7. The second-order valence-electron chi connectivity index (χ2n) is 5.39. The van der Waals surface area contributed by atoms with Crippen LogP contribution in [0.1, 0.15) is 38.5 Å². The Morgan fingerprint density at radius 1 is 1.10 bits per heavy atom. The largest absolute Gasteiger partial charge is 0.435 e. The summed E-state index contributed by atoms with van der Waals surface area (Å²) in [5.41, 5.74) is 0.138. The Morgan fingerprint density at radius 3 is 2.25 bits per heavy atom. The van der Waals surface area contributed by atoms with Crippen LogP contribution in [0.2, 0.25) is 0 Å². The third-order valence-corrected chi connectivity index (χ3v) is 3.74. The number of hydrogen-bond acceptors (Lipinski definition) is 3.